The van der Waals surface area contributed by atoms with Gasteiger partial charge >= 0.3 is 0 Å². The molecule has 0 bridgehead atoms. The van der Waals surface area contributed by atoms with Crippen molar-refractivity contribution >= 4 is 16.8 Å². The lowest BCUT2D eigenvalue weighted by molar-refractivity contribution is 0.625. The van der Waals surface area contributed by atoms with Crippen molar-refractivity contribution in [2.45, 2.75) is 6.92 Å². The molecule has 0 fully saturated rings. The van der Waals surface area contributed by atoms with Crippen LogP contribution < -0.4 is 5.32 Å². The Hall–Kier alpha value is -2.36. The van der Waals surface area contributed by atoms with Crippen LogP contribution in [-0.2, 0) is 0 Å². The molecule has 4 heteroatoms. The number of nitrogens with one attached hydrogen (secondary N) is 1. The minimum atomic E-state index is 0.602. The van der Waals surface area contributed by atoms with E-state index in [4.69, 9.17) is 4.42 Å². The highest BCUT2D eigenvalue weighted by atomic mass is 16.3. The van der Waals surface area contributed by atoms with Crippen molar-refractivity contribution in [3.8, 4) is 11.6 Å². The molecule has 2 aromatic heterocycles. The second-order valence-corrected chi connectivity index (χ2v) is 3.94. The number of fused-ring (bicyclic) bond motifs is 1. The summed E-state index contributed by atoms with van der Waals surface area (Å²) in [6.07, 6.45) is 1.73. The van der Waals surface area contributed by atoms with E-state index >= 15 is 0 Å². The van der Waals surface area contributed by atoms with E-state index in [1.165, 1.54) is 0 Å². The summed E-state index contributed by atoms with van der Waals surface area (Å²) in [5.74, 6) is 2.10. The molecule has 2 heterocycles. The number of rotatable bonds is 3. The van der Waals surface area contributed by atoms with Gasteiger partial charge in [0.05, 0.1) is 0 Å². The molecule has 0 aliphatic carbocycles. The van der Waals surface area contributed by atoms with Crippen LogP contribution in [0, 0.1) is 0 Å². The zero-order chi connectivity index (χ0) is 12.4. The lowest BCUT2D eigenvalue weighted by Crippen LogP contribution is -2.00. The number of para-hydroxylation sites is 1. The first kappa shape index (κ1) is 10.8. The molecule has 0 amide bonds. The zero-order valence-corrected chi connectivity index (χ0v) is 10.1. The Morgan fingerprint density at radius 3 is 2.94 bits per heavy atom. The first-order valence-corrected chi connectivity index (χ1v) is 5.92. The van der Waals surface area contributed by atoms with Crippen LogP contribution in [0.15, 0.2) is 47.0 Å². The Labute approximate surface area is 105 Å². The van der Waals surface area contributed by atoms with Gasteiger partial charge in [-0.1, -0.05) is 18.2 Å². The molecule has 0 saturated carbocycles. The van der Waals surface area contributed by atoms with Crippen molar-refractivity contribution in [2.24, 2.45) is 0 Å². The molecule has 0 aliphatic rings. The van der Waals surface area contributed by atoms with Gasteiger partial charge in [-0.3, -0.25) is 0 Å². The third-order valence-electron chi connectivity index (χ3n) is 2.66. The molecule has 0 aliphatic heterocycles. The quantitative estimate of drug-likeness (QED) is 0.761. The second-order valence-electron chi connectivity index (χ2n) is 3.94. The highest BCUT2D eigenvalue weighted by molar-refractivity contribution is 5.81. The molecule has 18 heavy (non-hydrogen) atoms. The smallest absolute Gasteiger partial charge is 0.197 e. The van der Waals surface area contributed by atoms with Crippen LogP contribution in [0.2, 0.25) is 0 Å². The van der Waals surface area contributed by atoms with Crippen LogP contribution in [0.1, 0.15) is 6.92 Å². The van der Waals surface area contributed by atoms with Crippen molar-refractivity contribution < 1.29 is 4.42 Å². The highest BCUT2D eigenvalue weighted by Gasteiger charge is 2.08. The van der Waals surface area contributed by atoms with E-state index in [9.17, 15) is 0 Å². The maximum atomic E-state index is 5.73. The third-order valence-corrected chi connectivity index (χ3v) is 2.66. The van der Waals surface area contributed by atoms with Gasteiger partial charge in [-0.25, -0.2) is 9.97 Å². The largest absolute Gasteiger partial charge is 0.453 e. The molecule has 3 aromatic rings. The first-order chi connectivity index (χ1) is 8.86. The summed E-state index contributed by atoms with van der Waals surface area (Å²) in [5, 5.41) is 4.22. The standard InChI is InChI=1S/C14H13N3O/c1-2-15-13-7-8-16-14(17-13)12-9-10-5-3-4-6-11(10)18-12/h3-9H,2H2,1H3,(H,15,16,17). The molecule has 90 valence electrons. The minimum absolute atomic E-state index is 0.602. The van der Waals surface area contributed by atoms with E-state index in [0.29, 0.717) is 11.6 Å². The Morgan fingerprint density at radius 2 is 2.11 bits per heavy atom. The van der Waals surface area contributed by atoms with E-state index in [1.807, 2.05) is 43.3 Å². The molecular formula is C14H13N3O. The summed E-state index contributed by atoms with van der Waals surface area (Å²) in [6, 6.07) is 11.7. The predicted octanol–water partition coefficient (Wildman–Crippen LogP) is 3.32. The molecule has 3 rings (SSSR count). The van der Waals surface area contributed by atoms with Gasteiger partial charge in [0.15, 0.2) is 11.6 Å². The lowest BCUT2D eigenvalue weighted by atomic mass is 10.2. The Kier molecular flexibility index (Phi) is 2.68. The topological polar surface area (TPSA) is 51.0 Å². The lowest BCUT2D eigenvalue weighted by Gasteiger charge is -2.02. The van der Waals surface area contributed by atoms with Crippen molar-refractivity contribution in [3.05, 3.63) is 42.6 Å². The van der Waals surface area contributed by atoms with Crippen LogP contribution in [0.3, 0.4) is 0 Å². The van der Waals surface area contributed by atoms with Crippen LogP contribution in [-0.4, -0.2) is 16.5 Å². The first-order valence-electron chi connectivity index (χ1n) is 5.92. The van der Waals surface area contributed by atoms with Gasteiger partial charge in [0, 0.05) is 18.1 Å². The summed E-state index contributed by atoms with van der Waals surface area (Å²) >= 11 is 0. The molecule has 0 atom stereocenters. The number of hydrogen-bond donors (Lipinski definition) is 1. The minimum Gasteiger partial charge on any atom is -0.453 e. The Morgan fingerprint density at radius 1 is 1.22 bits per heavy atom. The summed E-state index contributed by atoms with van der Waals surface area (Å²) in [5.41, 5.74) is 0.852. The van der Waals surface area contributed by atoms with Crippen LogP contribution in [0.4, 0.5) is 5.82 Å². The summed E-state index contributed by atoms with van der Waals surface area (Å²) in [4.78, 5) is 8.65. The fraction of sp³-hybridized carbons (Fsp3) is 0.143. The fourth-order valence-corrected chi connectivity index (χ4v) is 1.85. The fourth-order valence-electron chi connectivity index (χ4n) is 1.85. The molecule has 1 aromatic carbocycles. The van der Waals surface area contributed by atoms with Crippen LogP contribution >= 0.6 is 0 Å². The molecular weight excluding hydrogens is 226 g/mol. The molecule has 0 spiro atoms. The zero-order valence-electron chi connectivity index (χ0n) is 10.1. The third kappa shape index (κ3) is 1.93. The number of benzene rings is 1. The number of anilines is 1. The number of nitrogens with zero attached hydrogens (tertiary/aromatic N) is 2. The van der Waals surface area contributed by atoms with E-state index < -0.39 is 0 Å². The summed E-state index contributed by atoms with van der Waals surface area (Å²) in [7, 11) is 0. The molecule has 0 radical (unpaired) electrons. The summed E-state index contributed by atoms with van der Waals surface area (Å²) < 4.78 is 5.73. The SMILES string of the molecule is CCNc1ccnc(-c2cc3ccccc3o2)n1. The summed E-state index contributed by atoms with van der Waals surface area (Å²) in [6.45, 7) is 2.86. The van der Waals surface area contributed by atoms with Gasteiger partial charge in [0.25, 0.3) is 0 Å². The van der Waals surface area contributed by atoms with E-state index in [0.717, 1.165) is 23.3 Å². The Balaban J connectivity index is 2.05. The van der Waals surface area contributed by atoms with Crippen LogP contribution in [0.5, 0.6) is 0 Å². The number of hydrogen-bond acceptors (Lipinski definition) is 4. The van der Waals surface area contributed by atoms with Gasteiger partial charge in [-0.2, -0.15) is 0 Å². The van der Waals surface area contributed by atoms with E-state index in [2.05, 4.69) is 15.3 Å². The molecule has 0 unspecified atom stereocenters. The average molecular weight is 239 g/mol. The number of aromatic nitrogens is 2. The van der Waals surface area contributed by atoms with Crippen molar-refractivity contribution in [2.75, 3.05) is 11.9 Å². The van der Waals surface area contributed by atoms with Gasteiger partial charge in [-0.05, 0) is 25.1 Å². The monoisotopic (exact) mass is 239 g/mol. The molecule has 4 nitrogen and oxygen atoms in total. The van der Waals surface area contributed by atoms with Gasteiger partial charge in [0.2, 0.25) is 0 Å². The maximum absolute atomic E-state index is 5.73. The van der Waals surface area contributed by atoms with Gasteiger partial charge in [0.1, 0.15) is 11.4 Å². The van der Waals surface area contributed by atoms with Crippen molar-refractivity contribution in [1.29, 1.82) is 0 Å². The molecule has 0 saturated heterocycles. The van der Waals surface area contributed by atoms with E-state index in [-0.39, 0.29) is 0 Å². The second kappa shape index (κ2) is 4.49. The number of furan rings is 1. The normalized spacial score (nSPS) is 10.7. The Bertz CT molecular complexity index is 642. The van der Waals surface area contributed by atoms with Crippen molar-refractivity contribution in [3.63, 3.8) is 0 Å². The average Bonchev–Trinajstić information content (AvgIpc) is 2.83. The van der Waals surface area contributed by atoms with Gasteiger partial charge < -0.3 is 9.73 Å². The van der Waals surface area contributed by atoms with Crippen LogP contribution in [0.25, 0.3) is 22.6 Å². The van der Waals surface area contributed by atoms with Crippen molar-refractivity contribution in [1.82, 2.24) is 9.97 Å². The highest BCUT2D eigenvalue weighted by Crippen LogP contribution is 2.25. The van der Waals surface area contributed by atoms with E-state index in [1.54, 1.807) is 6.20 Å². The maximum Gasteiger partial charge on any atom is 0.197 e. The van der Waals surface area contributed by atoms with Gasteiger partial charge in [-0.15, -0.1) is 0 Å². The predicted molar refractivity (Wildman–Crippen MR) is 71.4 cm³/mol. The molecule has 1 N–H and O–H groups in total.